The molecule has 3 rings (SSSR count). The Bertz CT molecular complexity index is 718. The van der Waals surface area contributed by atoms with Crippen molar-refractivity contribution >= 4 is 32.4 Å². The van der Waals surface area contributed by atoms with E-state index in [1.165, 1.54) is 28.6 Å². The van der Waals surface area contributed by atoms with Crippen molar-refractivity contribution in [1.29, 1.82) is 0 Å². The van der Waals surface area contributed by atoms with E-state index in [0.717, 1.165) is 25.0 Å². The highest BCUT2D eigenvalue weighted by Crippen LogP contribution is 2.31. The summed E-state index contributed by atoms with van der Waals surface area (Å²) in [5.41, 5.74) is 1.01. The summed E-state index contributed by atoms with van der Waals surface area (Å²) in [6.45, 7) is 2.59. The Labute approximate surface area is 126 Å². The van der Waals surface area contributed by atoms with Crippen molar-refractivity contribution in [2.45, 2.75) is 31.1 Å². The molecule has 2 N–H and O–H groups in total. The quantitative estimate of drug-likeness (QED) is 0.867. The van der Waals surface area contributed by atoms with Gasteiger partial charge in [0.25, 0.3) is 10.0 Å². The van der Waals surface area contributed by atoms with Crippen molar-refractivity contribution in [2.24, 2.45) is 0 Å². The van der Waals surface area contributed by atoms with Crippen LogP contribution in [0.1, 0.15) is 23.9 Å². The first-order valence-corrected chi connectivity index (χ1v) is 8.96. The SMILES string of the molecule is CCNc1ncc(S(=O)(=O)Nc2nc3c(s2)CCC3)cn1. The fraction of sp³-hybridized carbons (Fsp3) is 0.417. The van der Waals surface area contributed by atoms with E-state index >= 15 is 0 Å². The third kappa shape index (κ3) is 2.98. The van der Waals surface area contributed by atoms with Crippen LogP contribution in [-0.4, -0.2) is 29.9 Å². The molecule has 7 nitrogen and oxygen atoms in total. The van der Waals surface area contributed by atoms with E-state index in [1.807, 2.05) is 6.92 Å². The highest BCUT2D eigenvalue weighted by molar-refractivity contribution is 7.93. The van der Waals surface area contributed by atoms with Gasteiger partial charge in [-0.2, -0.15) is 0 Å². The van der Waals surface area contributed by atoms with Crippen molar-refractivity contribution in [1.82, 2.24) is 15.0 Å². The fourth-order valence-corrected chi connectivity index (χ4v) is 4.29. The van der Waals surface area contributed by atoms with Crippen LogP contribution >= 0.6 is 11.3 Å². The maximum absolute atomic E-state index is 12.3. The van der Waals surface area contributed by atoms with Gasteiger partial charge in [-0.25, -0.2) is 23.4 Å². The fourth-order valence-electron chi connectivity index (χ4n) is 2.11. The number of aryl methyl sites for hydroxylation is 2. The first-order chi connectivity index (χ1) is 10.1. The standard InChI is InChI=1S/C12H15N5O2S2/c1-2-13-11-14-6-8(7-15-11)21(18,19)17-12-16-9-4-3-5-10(9)20-12/h6-7H,2-5H2,1H3,(H,16,17)(H,13,14,15). The average Bonchev–Trinajstić information content (AvgIpc) is 3.00. The molecule has 0 saturated carbocycles. The number of nitrogens with zero attached hydrogens (tertiary/aromatic N) is 3. The summed E-state index contributed by atoms with van der Waals surface area (Å²) in [4.78, 5) is 13.5. The second-order valence-electron chi connectivity index (χ2n) is 4.62. The minimum Gasteiger partial charge on any atom is -0.355 e. The maximum Gasteiger partial charge on any atom is 0.266 e. The van der Waals surface area contributed by atoms with Crippen LogP contribution in [0.3, 0.4) is 0 Å². The van der Waals surface area contributed by atoms with Crippen LogP contribution in [-0.2, 0) is 22.9 Å². The van der Waals surface area contributed by atoms with Crippen molar-refractivity contribution in [3.8, 4) is 0 Å². The molecule has 0 atom stereocenters. The normalized spacial score (nSPS) is 14.0. The lowest BCUT2D eigenvalue weighted by atomic mass is 10.4. The molecular formula is C12H15N5O2S2. The third-order valence-corrected chi connectivity index (χ3v) is 5.59. The molecule has 1 aliphatic carbocycles. The number of nitrogens with one attached hydrogen (secondary N) is 2. The van der Waals surface area contributed by atoms with Gasteiger partial charge >= 0.3 is 0 Å². The van der Waals surface area contributed by atoms with Crippen molar-refractivity contribution in [3.63, 3.8) is 0 Å². The zero-order valence-corrected chi connectivity index (χ0v) is 13.1. The molecule has 21 heavy (non-hydrogen) atoms. The van der Waals surface area contributed by atoms with Crippen LogP contribution in [0.15, 0.2) is 17.3 Å². The zero-order chi connectivity index (χ0) is 14.9. The Morgan fingerprint density at radius 1 is 1.29 bits per heavy atom. The molecule has 0 fully saturated rings. The van der Waals surface area contributed by atoms with Gasteiger partial charge in [-0.15, -0.1) is 11.3 Å². The van der Waals surface area contributed by atoms with E-state index in [4.69, 9.17) is 0 Å². The summed E-state index contributed by atoms with van der Waals surface area (Å²) in [5, 5.41) is 3.33. The minimum atomic E-state index is -3.69. The van der Waals surface area contributed by atoms with E-state index in [2.05, 4.69) is 25.0 Å². The molecule has 2 aromatic rings. The van der Waals surface area contributed by atoms with Crippen molar-refractivity contribution in [3.05, 3.63) is 23.0 Å². The van der Waals surface area contributed by atoms with Crippen molar-refractivity contribution < 1.29 is 8.42 Å². The molecule has 0 aliphatic heterocycles. The third-order valence-electron chi connectivity index (χ3n) is 3.09. The molecule has 0 amide bonds. The summed E-state index contributed by atoms with van der Waals surface area (Å²) in [6, 6.07) is 0. The number of aromatic nitrogens is 3. The van der Waals surface area contributed by atoms with Gasteiger partial charge in [0.05, 0.1) is 18.1 Å². The van der Waals surface area contributed by atoms with Gasteiger partial charge in [0.2, 0.25) is 5.95 Å². The predicted molar refractivity (Wildman–Crippen MR) is 81.1 cm³/mol. The smallest absolute Gasteiger partial charge is 0.266 e. The number of anilines is 2. The second kappa shape index (κ2) is 5.57. The lowest BCUT2D eigenvalue weighted by molar-refractivity contribution is 0.600. The predicted octanol–water partition coefficient (Wildman–Crippen LogP) is 1.65. The average molecular weight is 325 g/mol. The molecule has 1 aliphatic rings. The molecule has 0 aromatic carbocycles. The number of thiazole rings is 1. The molecular weight excluding hydrogens is 310 g/mol. The van der Waals surface area contributed by atoms with E-state index in [9.17, 15) is 8.42 Å². The van der Waals surface area contributed by atoms with E-state index in [-0.39, 0.29) is 4.90 Å². The van der Waals surface area contributed by atoms with E-state index < -0.39 is 10.0 Å². The van der Waals surface area contributed by atoms with Gasteiger partial charge in [0.15, 0.2) is 5.13 Å². The van der Waals surface area contributed by atoms with Gasteiger partial charge < -0.3 is 5.32 Å². The molecule has 112 valence electrons. The van der Waals surface area contributed by atoms with Gasteiger partial charge in [0.1, 0.15) is 4.90 Å². The molecule has 2 heterocycles. The van der Waals surface area contributed by atoms with E-state index in [1.54, 1.807) is 0 Å². The van der Waals surface area contributed by atoms with Gasteiger partial charge in [-0.3, -0.25) is 4.72 Å². The zero-order valence-electron chi connectivity index (χ0n) is 11.5. The lowest BCUT2D eigenvalue weighted by Crippen LogP contribution is -2.14. The summed E-state index contributed by atoms with van der Waals surface area (Å²) in [6.07, 6.45) is 5.58. The van der Waals surface area contributed by atoms with Crippen LogP contribution in [0.4, 0.5) is 11.1 Å². The largest absolute Gasteiger partial charge is 0.355 e. The first-order valence-electron chi connectivity index (χ1n) is 6.66. The Morgan fingerprint density at radius 3 is 2.71 bits per heavy atom. The van der Waals surface area contributed by atoms with Crippen LogP contribution in [0, 0.1) is 0 Å². The van der Waals surface area contributed by atoms with Gasteiger partial charge in [-0.1, -0.05) is 0 Å². The molecule has 2 aromatic heterocycles. The molecule has 0 unspecified atom stereocenters. The number of sulfonamides is 1. The second-order valence-corrected chi connectivity index (χ2v) is 7.39. The number of rotatable bonds is 5. The number of hydrogen-bond acceptors (Lipinski definition) is 7. The summed E-state index contributed by atoms with van der Waals surface area (Å²) in [5.74, 6) is 0.407. The number of hydrogen-bond donors (Lipinski definition) is 2. The topological polar surface area (TPSA) is 96.9 Å². The summed E-state index contributed by atoms with van der Waals surface area (Å²) < 4.78 is 27.0. The highest BCUT2D eigenvalue weighted by Gasteiger charge is 2.21. The first kappa shape index (κ1) is 14.2. The Balaban J connectivity index is 1.79. The monoisotopic (exact) mass is 325 g/mol. The maximum atomic E-state index is 12.3. The molecule has 0 saturated heterocycles. The van der Waals surface area contributed by atoms with Gasteiger partial charge in [0, 0.05) is 11.4 Å². The summed E-state index contributed by atoms with van der Waals surface area (Å²) >= 11 is 1.40. The molecule has 9 heteroatoms. The van der Waals surface area contributed by atoms with Crippen molar-refractivity contribution in [2.75, 3.05) is 16.6 Å². The molecule has 0 bridgehead atoms. The van der Waals surface area contributed by atoms with Crippen LogP contribution in [0.2, 0.25) is 0 Å². The summed E-state index contributed by atoms with van der Waals surface area (Å²) in [7, 11) is -3.69. The Morgan fingerprint density at radius 2 is 2.05 bits per heavy atom. The van der Waals surface area contributed by atoms with Crippen LogP contribution in [0.5, 0.6) is 0 Å². The molecule has 0 radical (unpaired) electrons. The highest BCUT2D eigenvalue weighted by atomic mass is 32.2. The molecule has 0 spiro atoms. The lowest BCUT2D eigenvalue weighted by Gasteiger charge is -2.05. The van der Waals surface area contributed by atoms with Crippen LogP contribution < -0.4 is 10.0 Å². The Hall–Kier alpha value is -1.74. The number of fused-ring (bicyclic) bond motifs is 1. The van der Waals surface area contributed by atoms with Crippen LogP contribution in [0.25, 0.3) is 0 Å². The van der Waals surface area contributed by atoms with E-state index in [0.29, 0.717) is 17.6 Å². The minimum absolute atomic E-state index is 0.0273. The van der Waals surface area contributed by atoms with Gasteiger partial charge in [-0.05, 0) is 26.2 Å². The Kier molecular flexibility index (Phi) is 3.77.